The van der Waals surface area contributed by atoms with E-state index < -0.39 is 17.6 Å². The highest BCUT2D eigenvalue weighted by Crippen LogP contribution is 2.30. The zero-order valence-corrected chi connectivity index (χ0v) is 13.6. The fraction of sp³-hybridized carbons (Fsp3) is 0.0588. The van der Waals surface area contributed by atoms with Crippen molar-refractivity contribution >= 4 is 33.6 Å². The van der Waals surface area contributed by atoms with Gasteiger partial charge in [-0.3, -0.25) is 4.79 Å². The predicted molar refractivity (Wildman–Crippen MR) is 87.8 cm³/mol. The first-order valence-corrected chi connectivity index (χ1v) is 7.45. The van der Waals surface area contributed by atoms with Gasteiger partial charge in [0.1, 0.15) is 11.6 Å². The van der Waals surface area contributed by atoms with Gasteiger partial charge in [0.25, 0.3) is 5.91 Å². The molecule has 0 radical (unpaired) electrons. The van der Waals surface area contributed by atoms with E-state index >= 15 is 0 Å². The van der Waals surface area contributed by atoms with E-state index in [1.165, 1.54) is 18.2 Å². The Labute approximate surface area is 144 Å². The molecule has 3 nitrogen and oxygen atoms in total. The second kappa shape index (κ2) is 7.32. The molecule has 0 heterocycles. The summed E-state index contributed by atoms with van der Waals surface area (Å²) in [6.45, 7) is 0. The van der Waals surface area contributed by atoms with E-state index in [9.17, 15) is 18.0 Å². The number of hydrogen-bond donors (Lipinski definition) is 1. The molecule has 0 unspecified atom stereocenters. The summed E-state index contributed by atoms with van der Waals surface area (Å²) in [5.74, 6) is -0.785. The molecule has 2 rings (SSSR count). The fourth-order valence-electron chi connectivity index (χ4n) is 1.87. The molecular formula is C17H10BrF3N2O. The van der Waals surface area contributed by atoms with Crippen LogP contribution in [0.3, 0.4) is 0 Å². The molecule has 0 spiro atoms. The Morgan fingerprint density at radius 2 is 1.88 bits per heavy atom. The number of nitrogens with one attached hydrogen (secondary N) is 1. The number of carbonyl (C=O) groups excluding carboxylic acids is 1. The van der Waals surface area contributed by atoms with Gasteiger partial charge in [0.15, 0.2) is 0 Å². The first kappa shape index (κ1) is 17.8. The van der Waals surface area contributed by atoms with Crippen molar-refractivity contribution in [1.29, 1.82) is 5.26 Å². The standard InChI is InChI=1S/C17H10BrF3N2O/c18-15-7-2-1-4-11(15)8-12(10-22)16(24)23-14-6-3-5-13(9-14)17(19,20)21/h1-9H,(H,23,24)/b12-8-. The Bertz CT molecular complexity index is 838. The average molecular weight is 395 g/mol. The van der Waals surface area contributed by atoms with Gasteiger partial charge in [0.05, 0.1) is 5.56 Å². The average Bonchev–Trinajstić information content (AvgIpc) is 2.53. The van der Waals surface area contributed by atoms with E-state index in [1.54, 1.807) is 30.3 Å². The molecule has 0 saturated heterocycles. The van der Waals surface area contributed by atoms with E-state index in [0.717, 1.165) is 12.1 Å². The van der Waals surface area contributed by atoms with Gasteiger partial charge in [0.2, 0.25) is 0 Å². The highest BCUT2D eigenvalue weighted by Gasteiger charge is 2.30. The molecule has 122 valence electrons. The molecule has 0 aliphatic rings. The van der Waals surface area contributed by atoms with Crippen LogP contribution in [0, 0.1) is 11.3 Å². The van der Waals surface area contributed by atoms with Crippen LogP contribution in [0.25, 0.3) is 6.08 Å². The highest BCUT2D eigenvalue weighted by molar-refractivity contribution is 9.10. The molecule has 7 heteroatoms. The third kappa shape index (κ3) is 4.46. The second-order valence-electron chi connectivity index (χ2n) is 4.72. The number of hydrogen-bond acceptors (Lipinski definition) is 2. The van der Waals surface area contributed by atoms with E-state index in [0.29, 0.717) is 10.0 Å². The monoisotopic (exact) mass is 394 g/mol. The van der Waals surface area contributed by atoms with Crippen molar-refractivity contribution in [3.05, 3.63) is 69.7 Å². The largest absolute Gasteiger partial charge is 0.416 e. The summed E-state index contributed by atoms with van der Waals surface area (Å²) < 4.78 is 38.7. The number of anilines is 1. The van der Waals surface area contributed by atoms with Crippen molar-refractivity contribution in [3.63, 3.8) is 0 Å². The summed E-state index contributed by atoms with van der Waals surface area (Å²) in [4.78, 5) is 12.1. The summed E-state index contributed by atoms with van der Waals surface area (Å²) in [7, 11) is 0. The smallest absolute Gasteiger partial charge is 0.321 e. The zero-order chi connectivity index (χ0) is 17.7. The van der Waals surface area contributed by atoms with E-state index in [2.05, 4.69) is 21.2 Å². The molecule has 0 saturated carbocycles. The summed E-state index contributed by atoms with van der Waals surface area (Å²) in [5.41, 5.74) is -0.538. The number of rotatable bonds is 3. The third-order valence-corrected chi connectivity index (χ3v) is 3.74. The van der Waals surface area contributed by atoms with E-state index in [1.807, 2.05) is 0 Å². The number of amides is 1. The third-order valence-electron chi connectivity index (χ3n) is 3.02. The molecule has 24 heavy (non-hydrogen) atoms. The summed E-state index contributed by atoms with van der Waals surface area (Å²) in [6.07, 6.45) is -3.16. The van der Waals surface area contributed by atoms with Crippen molar-refractivity contribution in [2.24, 2.45) is 0 Å². The van der Waals surface area contributed by atoms with Crippen molar-refractivity contribution in [2.75, 3.05) is 5.32 Å². The van der Waals surface area contributed by atoms with Gasteiger partial charge in [-0.1, -0.05) is 40.2 Å². The Kier molecular flexibility index (Phi) is 5.42. The lowest BCUT2D eigenvalue weighted by molar-refractivity contribution is -0.137. The summed E-state index contributed by atoms with van der Waals surface area (Å²) >= 11 is 3.29. The fourth-order valence-corrected chi connectivity index (χ4v) is 2.27. The van der Waals surface area contributed by atoms with Crippen molar-refractivity contribution in [1.82, 2.24) is 0 Å². The minimum absolute atomic E-state index is 0.0388. The number of halogens is 4. The van der Waals surface area contributed by atoms with Gasteiger partial charge >= 0.3 is 6.18 Å². The van der Waals surface area contributed by atoms with Crippen molar-refractivity contribution in [3.8, 4) is 6.07 Å². The molecule has 2 aromatic carbocycles. The first-order chi connectivity index (χ1) is 11.3. The number of benzene rings is 2. The molecule has 2 aromatic rings. The van der Waals surface area contributed by atoms with Crippen LogP contribution in [0.4, 0.5) is 18.9 Å². The van der Waals surface area contributed by atoms with Gasteiger partial charge in [-0.15, -0.1) is 0 Å². The van der Waals surface area contributed by atoms with E-state index in [4.69, 9.17) is 5.26 Å². The van der Waals surface area contributed by atoms with Crippen LogP contribution >= 0.6 is 15.9 Å². The van der Waals surface area contributed by atoms with E-state index in [-0.39, 0.29) is 11.3 Å². The Morgan fingerprint density at radius 1 is 1.17 bits per heavy atom. The molecule has 1 amide bonds. The molecule has 0 aliphatic heterocycles. The zero-order valence-electron chi connectivity index (χ0n) is 12.1. The van der Waals surface area contributed by atoms with Gasteiger partial charge < -0.3 is 5.32 Å². The topological polar surface area (TPSA) is 52.9 Å². The normalized spacial score (nSPS) is 11.7. The van der Waals surface area contributed by atoms with Gasteiger partial charge in [-0.2, -0.15) is 18.4 Å². The van der Waals surface area contributed by atoms with Crippen molar-refractivity contribution in [2.45, 2.75) is 6.18 Å². The lowest BCUT2D eigenvalue weighted by Crippen LogP contribution is -2.14. The highest BCUT2D eigenvalue weighted by atomic mass is 79.9. The van der Waals surface area contributed by atoms with Crippen LogP contribution in [0.5, 0.6) is 0 Å². The minimum atomic E-state index is -4.51. The van der Waals surface area contributed by atoms with Crippen molar-refractivity contribution < 1.29 is 18.0 Å². The number of carbonyl (C=O) groups is 1. The SMILES string of the molecule is N#C/C(=C/c1ccccc1Br)C(=O)Nc1cccc(C(F)(F)F)c1. The quantitative estimate of drug-likeness (QED) is 0.587. The van der Waals surface area contributed by atoms with Crippen LogP contribution in [-0.4, -0.2) is 5.91 Å². The number of nitrogens with zero attached hydrogens (tertiary/aromatic N) is 1. The maximum Gasteiger partial charge on any atom is 0.416 e. The molecule has 0 aliphatic carbocycles. The van der Waals surface area contributed by atoms with Crippen LogP contribution in [-0.2, 0) is 11.0 Å². The predicted octanol–water partition coefficient (Wildman–Crippen LogP) is 5.01. The first-order valence-electron chi connectivity index (χ1n) is 6.66. The molecule has 0 fully saturated rings. The number of alkyl halides is 3. The van der Waals surface area contributed by atoms with Crippen LogP contribution in [0.1, 0.15) is 11.1 Å². The Balaban J connectivity index is 2.25. The van der Waals surface area contributed by atoms with Crippen LogP contribution in [0.15, 0.2) is 58.6 Å². The maximum absolute atomic E-state index is 12.7. The number of nitriles is 1. The summed E-state index contributed by atoms with van der Waals surface area (Å²) in [5, 5.41) is 11.4. The van der Waals surface area contributed by atoms with Gasteiger partial charge in [0, 0.05) is 10.2 Å². The molecular weight excluding hydrogens is 385 g/mol. The Hall–Kier alpha value is -2.59. The lowest BCUT2D eigenvalue weighted by Gasteiger charge is -2.09. The molecule has 0 atom stereocenters. The lowest BCUT2D eigenvalue weighted by atomic mass is 10.1. The van der Waals surface area contributed by atoms with Crippen LogP contribution in [0.2, 0.25) is 0 Å². The second-order valence-corrected chi connectivity index (χ2v) is 5.58. The summed E-state index contributed by atoms with van der Waals surface area (Å²) in [6, 6.07) is 12.9. The van der Waals surface area contributed by atoms with Gasteiger partial charge in [-0.05, 0) is 35.9 Å². The van der Waals surface area contributed by atoms with Crippen LogP contribution < -0.4 is 5.32 Å². The minimum Gasteiger partial charge on any atom is -0.321 e. The molecule has 0 bridgehead atoms. The van der Waals surface area contributed by atoms with Gasteiger partial charge in [-0.25, -0.2) is 0 Å². The molecule has 1 N–H and O–H groups in total. The molecule has 0 aromatic heterocycles. The maximum atomic E-state index is 12.7. The Morgan fingerprint density at radius 3 is 2.50 bits per heavy atom.